The second-order valence-electron chi connectivity index (χ2n) is 6.92. The van der Waals surface area contributed by atoms with Crippen LogP contribution in [0.2, 0.25) is 0 Å². The maximum absolute atomic E-state index is 12.3. The van der Waals surface area contributed by atoms with E-state index >= 15 is 0 Å². The lowest BCUT2D eigenvalue weighted by Crippen LogP contribution is -2.31. The lowest BCUT2D eigenvalue weighted by molar-refractivity contribution is 0.166. The third kappa shape index (κ3) is 4.23. The van der Waals surface area contributed by atoms with Gasteiger partial charge in [-0.25, -0.2) is 9.78 Å². The number of anilines is 1. The fourth-order valence-corrected chi connectivity index (χ4v) is 3.15. The van der Waals surface area contributed by atoms with Crippen molar-refractivity contribution in [3.8, 4) is 5.88 Å². The van der Waals surface area contributed by atoms with E-state index in [-0.39, 0.29) is 12.1 Å². The van der Waals surface area contributed by atoms with Gasteiger partial charge < -0.3 is 14.8 Å². The number of aromatic nitrogens is 3. The number of carbonyl (C=O) groups is 1. The van der Waals surface area contributed by atoms with Crippen LogP contribution in [0.15, 0.2) is 42.6 Å². The van der Waals surface area contributed by atoms with E-state index in [1.54, 1.807) is 12.3 Å². The minimum Gasteiger partial charge on any atom is -0.476 e. The zero-order valence-electron chi connectivity index (χ0n) is 15.6. The highest BCUT2D eigenvalue weighted by Gasteiger charge is 2.18. The summed E-state index contributed by atoms with van der Waals surface area (Å²) in [5.74, 6) is 1.35. The lowest BCUT2D eigenvalue weighted by Gasteiger charge is -2.14. The van der Waals surface area contributed by atoms with Crippen LogP contribution in [-0.2, 0) is 4.74 Å². The number of fused-ring (bicyclic) bond motifs is 1. The third-order valence-electron chi connectivity index (χ3n) is 4.78. The fraction of sp³-hybridized carbons (Fsp3) is 0.350. The van der Waals surface area contributed by atoms with Crippen LogP contribution in [0.25, 0.3) is 10.9 Å². The molecule has 4 rings (SSSR count). The van der Waals surface area contributed by atoms with Gasteiger partial charge in [0.15, 0.2) is 0 Å². The van der Waals surface area contributed by atoms with E-state index in [0.717, 1.165) is 36.1 Å². The minimum absolute atomic E-state index is 0.114. The topological polar surface area (TPSA) is 101 Å². The van der Waals surface area contributed by atoms with Crippen molar-refractivity contribution < 1.29 is 14.3 Å². The summed E-state index contributed by atoms with van der Waals surface area (Å²) >= 11 is 0. The molecule has 0 bridgehead atoms. The number of H-pyrrole nitrogens is 1. The molecule has 0 saturated carbocycles. The first kappa shape index (κ1) is 18.2. The molecule has 8 nitrogen and oxygen atoms in total. The molecule has 2 atom stereocenters. The minimum atomic E-state index is -0.319. The van der Waals surface area contributed by atoms with Gasteiger partial charge in [-0.3, -0.25) is 10.4 Å². The molecule has 3 aromatic rings. The second-order valence-corrected chi connectivity index (χ2v) is 6.92. The average Bonchev–Trinajstić information content (AvgIpc) is 3.36. The number of urea groups is 1. The molecule has 146 valence electrons. The van der Waals surface area contributed by atoms with E-state index in [0.29, 0.717) is 24.2 Å². The van der Waals surface area contributed by atoms with Gasteiger partial charge in [0.2, 0.25) is 5.88 Å². The molecule has 2 amide bonds. The van der Waals surface area contributed by atoms with E-state index in [1.165, 1.54) is 0 Å². The number of nitrogens with zero attached hydrogens (tertiary/aromatic N) is 2. The summed E-state index contributed by atoms with van der Waals surface area (Å²) in [5, 5.41) is 13.6. The average molecular weight is 381 g/mol. The number of pyridine rings is 1. The Hall–Kier alpha value is -3.13. The maximum atomic E-state index is 12.3. The summed E-state index contributed by atoms with van der Waals surface area (Å²) in [6, 6.07) is 11.1. The van der Waals surface area contributed by atoms with Gasteiger partial charge >= 0.3 is 6.03 Å². The van der Waals surface area contributed by atoms with Crippen LogP contribution in [0.3, 0.4) is 0 Å². The van der Waals surface area contributed by atoms with Crippen LogP contribution >= 0.6 is 0 Å². The SMILES string of the molecule is C[C@@H](NC(=O)Nc1cc2[nH]nc(OCC3CCOC3)c2cn1)c1ccccc1. The standard InChI is InChI=1S/C20H23N5O3/c1-13(15-5-3-2-4-6-15)22-20(26)23-18-9-17-16(10-21-18)19(25-24-17)28-12-14-7-8-27-11-14/h2-6,9-10,13-14H,7-8,11-12H2,1H3,(H,24,25)(H2,21,22,23,26)/t13-,14?/m1/s1. The summed E-state index contributed by atoms with van der Waals surface area (Å²) in [6.45, 7) is 4.02. The molecule has 1 fully saturated rings. The molecule has 0 radical (unpaired) electrons. The number of hydrogen-bond donors (Lipinski definition) is 3. The monoisotopic (exact) mass is 381 g/mol. The Morgan fingerprint density at radius 1 is 1.39 bits per heavy atom. The Bertz CT molecular complexity index is 937. The second kappa shape index (κ2) is 8.26. The normalized spacial score (nSPS) is 17.4. The van der Waals surface area contributed by atoms with Crippen LogP contribution in [0.1, 0.15) is 24.9 Å². The smallest absolute Gasteiger partial charge is 0.320 e. The van der Waals surface area contributed by atoms with Gasteiger partial charge in [-0.15, -0.1) is 5.10 Å². The fourth-order valence-electron chi connectivity index (χ4n) is 3.15. The number of amides is 2. The molecule has 0 aliphatic carbocycles. The summed E-state index contributed by atoms with van der Waals surface area (Å²) in [7, 11) is 0. The quantitative estimate of drug-likeness (QED) is 0.608. The van der Waals surface area contributed by atoms with Crippen LogP contribution in [0.5, 0.6) is 5.88 Å². The first-order valence-corrected chi connectivity index (χ1v) is 9.36. The van der Waals surface area contributed by atoms with Crippen LogP contribution in [-0.4, -0.2) is 41.0 Å². The van der Waals surface area contributed by atoms with Crippen molar-refractivity contribution in [1.82, 2.24) is 20.5 Å². The molecule has 1 aromatic carbocycles. The molecule has 28 heavy (non-hydrogen) atoms. The van der Waals surface area contributed by atoms with Crippen molar-refractivity contribution in [2.24, 2.45) is 5.92 Å². The number of rotatable bonds is 6. The Morgan fingerprint density at radius 3 is 3.04 bits per heavy atom. The zero-order chi connectivity index (χ0) is 19.3. The highest BCUT2D eigenvalue weighted by molar-refractivity contribution is 5.92. The highest BCUT2D eigenvalue weighted by atomic mass is 16.5. The molecule has 1 aliphatic heterocycles. The van der Waals surface area contributed by atoms with E-state index in [1.807, 2.05) is 37.3 Å². The van der Waals surface area contributed by atoms with Gasteiger partial charge in [0.05, 0.1) is 30.2 Å². The van der Waals surface area contributed by atoms with Crippen LogP contribution in [0, 0.1) is 5.92 Å². The van der Waals surface area contributed by atoms with Crippen LogP contribution < -0.4 is 15.4 Å². The first-order valence-electron chi connectivity index (χ1n) is 9.36. The first-order chi connectivity index (χ1) is 13.7. The van der Waals surface area contributed by atoms with Gasteiger partial charge in [-0.1, -0.05) is 30.3 Å². The Kier molecular flexibility index (Phi) is 5.38. The Morgan fingerprint density at radius 2 is 2.25 bits per heavy atom. The van der Waals surface area contributed by atoms with E-state index in [4.69, 9.17) is 9.47 Å². The van der Waals surface area contributed by atoms with E-state index in [9.17, 15) is 4.79 Å². The summed E-state index contributed by atoms with van der Waals surface area (Å²) in [4.78, 5) is 16.6. The molecule has 3 N–H and O–H groups in total. The molecule has 1 saturated heterocycles. The third-order valence-corrected chi connectivity index (χ3v) is 4.78. The van der Waals surface area contributed by atoms with Gasteiger partial charge in [0, 0.05) is 24.8 Å². The number of hydrogen-bond acceptors (Lipinski definition) is 5. The van der Waals surface area contributed by atoms with Gasteiger partial charge in [-0.2, -0.15) is 0 Å². The van der Waals surface area contributed by atoms with Gasteiger partial charge in [-0.05, 0) is 18.9 Å². The van der Waals surface area contributed by atoms with Crippen molar-refractivity contribution in [2.45, 2.75) is 19.4 Å². The number of ether oxygens (including phenoxy) is 2. The van der Waals surface area contributed by atoms with Gasteiger partial charge in [0.1, 0.15) is 5.82 Å². The van der Waals surface area contributed by atoms with E-state index < -0.39 is 0 Å². The number of nitrogens with one attached hydrogen (secondary N) is 3. The predicted octanol–water partition coefficient (Wildman–Crippen LogP) is 3.26. The zero-order valence-corrected chi connectivity index (χ0v) is 15.6. The van der Waals surface area contributed by atoms with Crippen molar-refractivity contribution in [3.63, 3.8) is 0 Å². The van der Waals surface area contributed by atoms with Gasteiger partial charge in [0.25, 0.3) is 0 Å². The van der Waals surface area contributed by atoms with Crippen molar-refractivity contribution in [3.05, 3.63) is 48.2 Å². The number of benzene rings is 1. The highest BCUT2D eigenvalue weighted by Crippen LogP contribution is 2.25. The Balaban J connectivity index is 1.37. The molecule has 2 aromatic heterocycles. The summed E-state index contributed by atoms with van der Waals surface area (Å²) in [6.07, 6.45) is 2.65. The maximum Gasteiger partial charge on any atom is 0.320 e. The molecular formula is C20H23N5O3. The molecule has 3 heterocycles. The van der Waals surface area contributed by atoms with E-state index in [2.05, 4.69) is 25.8 Å². The number of carbonyl (C=O) groups excluding carboxylic acids is 1. The summed E-state index contributed by atoms with van der Waals surface area (Å²) in [5.41, 5.74) is 1.78. The summed E-state index contributed by atoms with van der Waals surface area (Å²) < 4.78 is 11.2. The van der Waals surface area contributed by atoms with Crippen LogP contribution in [0.4, 0.5) is 10.6 Å². The van der Waals surface area contributed by atoms with Crippen molar-refractivity contribution in [1.29, 1.82) is 0 Å². The van der Waals surface area contributed by atoms with Crippen molar-refractivity contribution >= 4 is 22.8 Å². The molecule has 1 unspecified atom stereocenters. The lowest BCUT2D eigenvalue weighted by atomic mass is 10.1. The largest absolute Gasteiger partial charge is 0.476 e. The molecule has 1 aliphatic rings. The molecular weight excluding hydrogens is 358 g/mol. The predicted molar refractivity (Wildman–Crippen MR) is 105 cm³/mol. The Labute approximate surface area is 162 Å². The van der Waals surface area contributed by atoms with Crippen molar-refractivity contribution in [2.75, 3.05) is 25.1 Å². The molecule has 8 heteroatoms. The molecule has 0 spiro atoms. The number of aromatic amines is 1.